The van der Waals surface area contributed by atoms with Crippen LogP contribution in [-0.4, -0.2) is 86.2 Å². The third kappa shape index (κ3) is 5.13. The summed E-state index contributed by atoms with van der Waals surface area (Å²) in [7, 11) is -10.6. The van der Waals surface area contributed by atoms with E-state index in [1.165, 1.54) is 51.4 Å². The summed E-state index contributed by atoms with van der Waals surface area (Å²) in [6, 6.07) is 4.01. The Morgan fingerprint density at radius 3 is 1.50 bits per heavy atom. The molecule has 1 saturated heterocycles. The van der Waals surface area contributed by atoms with Crippen LogP contribution in [0.2, 0.25) is 0 Å². The van der Waals surface area contributed by atoms with Crippen molar-refractivity contribution in [2.45, 2.75) is 76.7 Å². The van der Waals surface area contributed by atoms with Gasteiger partial charge in [-0.25, -0.2) is 0 Å². The number of benzene rings is 1. The van der Waals surface area contributed by atoms with E-state index in [0.29, 0.717) is 46.8 Å². The maximum Gasteiger partial charge on any atom is 0.325 e. The van der Waals surface area contributed by atoms with E-state index in [1.807, 2.05) is 17.2 Å². The second kappa shape index (κ2) is 14.6. The number of hydrogen-bond acceptors (Lipinski definition) is 7. The van der Waals surface area contributed by atoms with Gasteiger partial charge in [0.2, 0.25) is 5.75 Å². The van der Waals surface area contributed by atoms with Gasteiger partial charge in [0, 0.05) is 29.0 Å². The van der Waals surface area contributed by atoms with E-state index in [4.69, 9.17) is 14.2 Å². The minimum Gasteiger partial charge on any atom is -0.490 e. The SMILES string of the molecule is CN1CC23C4=C5CCC6C7CCC8C9CCC%10C%11CCC%12=C(C=C4)C2(C2C%12C%11C4C%10C9C9C8C7C7C6C5C3C3C7C9C4C32)C1c1ccc(OCCCP(=O)(O)O)c(OCCCP(=O)(O)O)c1OCCCP(=O)(O)O. The molecule has 0 amide bonds. The highest BCUT2D eigenvalue weighted by Gasteiger charge is 2.93. The van der Waals surface area contributed by atoms with Gasteiger partial charge >= 0.3 is 22.8 Å². The molecule has 1 aliphatic heterocycles. The summed E-state index contributed by atoms with van der Waals surface area (Å²) < 4.78 is 56.6. The van der Waals surface area contributed by atoms with Gasteiger partial charge in [0.25, 0.3) is 0 Å². The first-order chi connectivity index (χ1) is 35.6. The summed E-state index contributed by atoms with van der Waals surface area (Å²) in [6.45, 7) is 0.953. The van der Waals surface area contributed by atoms with E-state index in [2.05, 4.69) is 30.2 Å². The average Bonchev–Trinajstić information content (AvgIpc) is 4.35. The van der Waals surface area contributed by atoms with Crippen LogP contribution in [0.3, 0.4) is 0 Å². The van der Waals surface area contributed by atoms with Crippen LogP contribution in [0.5, 0.6) is 17.2 Å². The third-order valence-corrected chi connectivity index (χ3v) is 30.0. The number of fused-ring (bicyclic) bond motifs is 3. The molecule has 2 spiro atoms. The lowest BCUT2D eigenvalue weighted by Gasteiger charge is -2.69. The van der Waals surface area contributed by atoms with Crippen LogP contribution < -0.4 is 14.2 Å². The smallest absolute Gasteiger partial charge is 0.325 e. The van der Waals surface area contributed by atoms with Crippen molar-refractivity contribution in [1.29, 1.82) is 0 Å². The van der Waals surface area contributed by atoms with E-state index >= 15 is 0 Å². The molecule has 18 rings (SSSR count). The van der Waals surface area contributed by atoms with Crippen LogP contribution in [0, 0.1) is 153 Å². The Hall–Kier alpha value is -1.75. The van der Waals surface area contributed by atoms with Gasteiger partial charge in [0.05, 0.1) is 38.3 Å². The van der Waals surface area contributed by atoms with Gasteiger partial charge in [-0.2, -0.15) is 0 Å². The lowest BCUT2D eigenvalue weighted by Crippen LogP contribution is -2.67. The predicted octanol–water partition coefficient (Wildman–Crippen LogP) is 8.76. The molecule has 1 aromatic rings. The van der Waals surface area contributed by atoms with Crippen molar-refractivity contribution in [2.75, 3.05) is 51.9 Å². The molecule has 1 aromatic carbocycles. The second-order valence-corrected chi connectivity index (χ2v) is 33.7. The molecule has 0 radical (unpaired) electrons. The largest absolute Gasteiger partial charge is 0.490 e. The van der Waals surface area contributed by atoms with Crippen molar-refractivity contribution in [2.24, 2.45) is 153 Å². The summed E-state index contributed by atoms with van der Waals surface area (Å²) in [6.07, 6.45) is 15.9. The topological polar surface area (TPSA) is 204 Å². The van der Waals surface area contributed by atoms with Crippen molar-refractivity contribution in [1.82, 2.24) is 4.90 Å². The highest BCUT2D eigenvalue weighted by atomic mass is 31.2. The van der Waals surface area contributed by atoms with Gasteiger partial charge in [-0.1, -0.05) is 23.3 Å². The molecule has 74 heavy (non-hydrogen) atoms. The van der Waals surface area contributed by atoms with E-state index in [9.17, 15) is 43.1 Å². The summed E-state index contributed by atoms with van der Waals surface area (Å²) in [5.74, 6) is 21.2. The van der Waals surface area contributed by atoms with E-state index in [1.54, 1.807) is 11.1 Å². The molecule has 27 atom stereocenters. The highest BCUT2D eigenvalue weighted by Crippen LogP contribution is 2.96. The van der Waals surface area contributed by atoms with Crippen molar-refractivity contribution in [3.05, 3.63) is 52.1 Å². The molecule has 27 unspecified atom stereocenters. The number of allylic oxidation sites excluding steroid dienone is 4. The van der Waals surface area contributed by atoms with Crippen LogP contribution in [0.4, 0.5) is 0 Å². The Morgan fingerprint density at radius 2 is 0.946 bits per heavy atom. The number of likely N-dealkylation sites (tertiary alicyclic amines) is 1. The number of rotatable bonds is 16. The number of ether oxygens (including phenoxy) is 3. The molecule has 17 aliphatic rings. The first-order valence-corrected chi connectivity index (χ1v) is 35.0. The summed E-state index contributed by atoms with van der Waals surface area (Å²) in [5, 5.41) is 0. The van der Waals surface area contributed by atoms with Gasteiger partial charge in [0.1, 0.15) is 0 Å². The molecule has 0 bridgehead atoms. The van der Waals surface area contributed by atoms with Gasteiger partial charge < -0.3 is 43.6 Å². The van der Waals surface area contributed by atoms with Crippen molar-refractivity contribution in [3.8, 4) is 17.2 Å². The molecular formula is C58H74NO12P3. The minimum atomic E-state index is -4.35. The fourth-order valence-electron chi connectivity index (χ4n) is 27.9. The first kappa shape index (κ1) is 46.0. The predicted molar refractivity (Wildman–Crippen MR) is 272 cm³/mol. The molecule has 13 nitrogen and oxygen atoms in total. The van der Waals surface area contributed by atoms with Crippen LogP contribution in [0.25, 0.3) is 0 Å². The number of nitrogens with zero attached hydrogens (tertiary/aromatic N) is 1. The van der Waals surface area contributed by atoms with Gasteiger partial charge in [-0.05, 0) is 243 Å². The van der Waals surface area contributed by atoms with Gasteiger partial charge in [-0.3, -0.25) is 18.6 Å². The monoisotopic (exact) mass is 1070 g/mol. The lowest BCUT2D eigenvalue weighted by molar-refractivity contribution is -0.190. The molecule has 1 heterocycles. The van der Waals surface area contributed by atoms with Crippen LogP contribution in [0.15, 0.2) is 46.6 Å². The molecule has 0 aromatic heterocycles. The Kier molecular flexibility index (Phi) is 9.08. The van der Waals surface area contributed by atoms with Crippen molar-refractivity contribution < 1.29 is 57.3 Å². The summed E-state index contributed by atoms with van der Waals surface area (Å²) in [4.78, 5) is 62.2. The van der Waals surface area contributed by atoms with Crippen LogP contribution in [0.1, 0.15) is 82.2 Å². The van der Waals surface area contributed by atoms with E-state index < -0.39 is 22.8 Å². The Labute approximate surface area is 433 Å². The molecular weight excluding hydrogens is 996 g/mol. The second-order valence-electron chi connectivity index (χ2n) is 28.4. The normalized spacial score (nSPS) is 53.0. The average molecular weight is 1070 g/mol. The number of hydrogen-bond donors (Lipinski definition) is 6. The molecule has 13 saturated carbocycles. The molecule has 14 fully saturated rings. The maximum atomic E-state index is 12.3. The molecule has 16 aliphatic carbocycles. The summed E-state index contributed by atoms with van der Waals surface area (Å²) >= 11 is 0. The van der Waals surface area contributed by atoms with Crippen LogP contribution in [-0.2, 0) is 13.7 Å². The highest BCUT2D eigenvalue weighted by molar-refractivity contribution is 7.52. The van der Waals surface area contributed by atoms with Crippen LogP contribution >= 0.6 is 22.8 Å². The van der Waals surface area contributed by atoms with Crippen molar-refractivity contribution in [3.63, 3.8) is 0 Å². The lowest BCUT2D eigenvalue weighted by atomic mass is 9.33. The Morgan fingerprint density at radius 1 is 0.514 bits per heavy atom. The Bertz CT molecular complexity index is 2970. The Balaban J connectivity index is 0.869. The fourth-order valence-corrected chi connectivity index (χ4v) is 29.6. The zero-order valence-corrected chi connectivity index (χ0v) is 45.1. The summed E-state index contributed by atoms with van der Waals surface area (Å²) in [5.41, 5.74) is 7.78. The zero-order chi connectivity index (χ0) is 49.8. The van der Waals surface area contributed by atoms with Gasteiger partial charge in [-0.15, -0.1) is 0 Å². The molecule has 398 valence electrons. The zero-order valence-electron chi connectivity index (χ0n) is 42.4. The standard InChI is InChI=1S/C58H74NO12P3/c1-59-23-57-33-14-15-34-31-12-10-29-27-8-6-25-24-5-7-26-28-9-11-30(33)42-40(28)45-38(26)36(24)44-37(25)39(27)46-41(29)43(31)53(51-49(46)47(44)48(45)50(51)52(42)57)58(34,57)56(59)32-13-16-35(69-17-2-20-72(60,61)62)55(71-19-4-22-74(66,67)68)54(32)70-18-3-21-73(63,64)65/h13-16,24-29,36-53,56H,2-12,17-23H2,1H3,(H2,60,61,62)(H2,63,64,65)(H2,66,67,68). The quantitative estimate of drug-likeness (QED) is 0.0678. The van der Waals surface area contributed by atoms with Crippen molar-refractivity contribution >= 4 is 22.8 Å². The maximum absolute atomic E-state index is 12.3. The van der Waals surface area contributed by atoms with E-state index in [-0.39, 0.29) is 74.4 Å². The van der Waals surface area contributed by atoms with E-state index in [0.717, 1.165) is 125 Å². The molecule has 16 heteroatoms. The fraction of sp³-hybridized carbons (Fsp3) is 0.793. The first-order valence-electron chi connectivity index (χ1n) is 29.6. The van der Waals surface area contributed by atoms with Gasteiger partial charge in [0.15, 0.2) is 11.5 Å². The minimum absolute atomic E-state index is 0.00427. The third-order valence-electron chi connectivity index (χ3n) is 27.3. The molecule has 6 N–H and O–H groups in total.